The molecule has 0 atom stereocenters. The second kappa shape index (κ2) is 3.61. The summed E-state index contributed by atoms with van der Waals surface area (Å²) in [6, 6.07) is 1.72. The summed E-state index contributed by atoms with van der Waals surface area (Å²) in [7, 11) is 0. The Kier molecular flexibility index (Phi) is 2.53. The Balaban J connectivity index is 3.10. The van der Waals surface area contributed by atoms with E-state index < -0.39 is 0 Å². The Labute approximate surface area is 70.7 Å². The van der Waals surface area contributed by atoms with Crippen LogP contribution in [0, 0.1) is 12.3 Å². The first-order chi connectivity index (χ1) is 5.77. The summed E-state index contributed by atoms with van der Waals surface area (Å²) in [4.78, 5) is 8.04. The van der Waals surface area contributed by atoms with Crippen molar-refractivity contribution in [2.24, 2.45) is 5.73 Å². The summed E-state index contributed by atoms with van der Waals surface area (Å²) in [5.74, 6) is 0.675. The van der Waals surface area contributed by atoms with Gasteiger partial charge in [-0.1, -0.05) is 0 Å². The molecule has 0 saturated carbocycles. The number of nitrogens with one attached hydrogen (secondary N) is 1. The van der Waals surface area contributed by atoms with E-state index in [-0.39, 0.29) is 0 Å². The number of aryl methyl sites for hydroxylation is 1. The van der Waals surface area contributed by atoms with E-state index >= 15 is 0 Å². The fourth-order valence-corrected chi connectivity index (χ4v) is 0.824. The maximum absolute atomic E-state index is 7.03. The molecular formula is C8H10N4. The molecule has 0 aliphatic carbocycles. The third-order valence-electron chi connectivity index (χ3n) is 1.41. The molecule has 0 aliphatic rings. The summed E-state index contributed by atoms with van der Waals surface area (Å²) in [5, 5.41) is 7.03. The summed E-state index contributed by atoms with van der Waals surface area (Å²) in [5.41, 5.74) is 6.57. The number of allylic oxidation sites excluding steroid dienone is 1. The molecule has 3 N–H and O–H groups in total. The van der Waals surface area contributed by atoms with Crippen LogP contribution in [0.2, 0.25) is 0 Å². The summed E-state index contributed by atoms with van der Waals surface area (Å²) >= 11 is 0. The molecule has 1 rings (SSSR count). The van der Waals surface area contributed by atoms with Crippen LogP contribution in [-0.4, -0.2) is 16.2 Å². The van der Waals surface area contributed by atoms with Gasteiger partial charge in [0.15, 0.2) is 0 Å². The number of nitrogens with two attached hydrogens (primary N) is 1. The second-order valence-corrected chi connectivity index (χ2v) is 2.26. The Hall–Kier alpha value is -1.71. The van der Waals surface area contributed by atoms with Gasteiger partial charge in [-0.2, -0.15) is 0 Å². The quantitative estimate of drug-likeness (QED) is 0.629. The highest BCUT2D eigenvalue weighted by Crippen LogP contribution is 2.06. The van der Waals surface area contributed by atoms with Crippen molar-refractivity contribution >= 4 is 11.8 Å². The van der Waals surface area contributed by atoms with Crippen molar-refractivity contribution in [2.75, 3.05) is 0 Å². The zero-order valence-electron chi connectivity index (χ0n) is 6.78. The van der Waals surface area contributed by atoms with Gasteiger partial charge in [0, 0.05) is 24.2 Å². The molecule has 0 amide bonds. The van der Waals surface area contributed by atoms with Gasteiger partial charge in [0.05, 0.1) is 5.69 Å². The van der Waals surface area contributed by atoms with Gasteiger partial charge in [-0.25, -0.2) is 9.97 Å². The smallest absolute Gasteiger partial charge is 0.125 e. The zero-order chi connectivity index (χ0) is 8.97. The first kappa shape index (κ1) is 8.39. The van der Waals surface area contributed by atoms with Gasteiger partial charge in [-0.05, 0) is 13.0 Å². The predicted molar refractivity (Wildman–Crippen MR) is 47.7 cm³/mol. The Morgan fingerprint density at radius 3 is 2.92 bits per heavy atom. The third kappa shape index (κ3) is 1.66. The lowest BCUT2D eigenvalue weighted by Crippen LogP contribution is -1.96. The van der Waals surface area contributed by atoms with E-state index in [9.17, 15) is 0 Å². The Bertz CT molecular complexity index is 317. The molecule has 12 heavy (non-hydrogen) atoms. The van der Waals surface area contributed by atoms with Crippen LogP contribution < -0.4 is 5.73 Å². The van der Waals surface area contributed by atoms with Crippen molar-refractivity contribution in [1.82, 2.24) is 9.97 Å². The normalized spacial score (nSPS) is 11.2. The Morgan fingerprint density at radius 2 is 2.42 bits per heavy atom. The summed E-state index contributed by atoms with van der Waals surface area (Å²) < 4.78 is 0. The van der Waals surface area contributed by atoms with Crippen molar-refractivity contribution in [3.05, 3.63) is 30.0 Å². The molecule has 0 fully saturated rings. The molecule has 4 nitrogen and oxygen atoms in total. The minimum absolute atomic E-state index is 0.598. The molecule has 0 aliphatic heterocycles. The van der Waals surface area contributed by atoms with Crippen LogP contribution >= 0.6 is 0 Å². The van der Waals surface area contributed by atoms with Crippen molar-refractivity contribution in [1.29, 1.82) is 5.41 Å². The third-order valence-corrected chi connectivity index (χ3v) is 1.41. The first-order valence-corrected chi connectivity index (χ1v) is 3.50. The van der Waals surface area contributed by atoms with Crippen LogP contribution in [0.3, 0.4) is 0 Å². The van der Waals surface area contributed by atoms with E-state index in [1.54, 1.807) is 19.2 Å². The average molecular weight is 162 g/mol. The highest BCUT2D eigenvalue weighted by molar-refractivity contribution is 6.07. The number of nitrogens with zero attached hydrogens (tertiary/aromatic N) is 2. The van der Waals surface area contributed by atoms with Gasteiger partial charge in [-0.15, -0.1) is 0 Å². The van der Waals surface area contributed by atoms with Gasteiger partial charge in [0.1, 0.15) is 5.82 Å². The largest absolute Gasteiger partial charge is 0.404 e. The van der Waals surface area contributed by atoms with E-state index in [0.29, 0.717) is 17.1 Å². The van der Waals surface area contributed by atoms with E-state index in [1.807, 2.05) is 0 Å². The maximum Gasteiger partial charge on any atom is 0.125 e. The fraction of sp³-hybridized carbons (Fsp3) is 0.125. The maximum atomic E-state index is 7.03. The number of rotatable bonds is 2. The van der Waals surface area contributed by atoms with E-state index in [1.165, 1.54) is 12.4 Å². The highest BCUT2D eigenvalue weighted by atomic mass is 14.9. The lowest BCUT2D eigenvalue weighted by molar-refractivity contribution is 1.04. The summed E-state index contributed by atoms with van der Waals surface area (Å²) in [6.45, 7) is 1.79. The first-order valence-electron chi connectivity index (χ1n) is 3.50. The molecular weight excluding hydrogens is 152 g/mol. The summed E-state index contributed by atoms with van der Waals surface area (Å²) in [6.07, 6.45) is 4.17. The Morgan fingerprint density at radius 1 is 1.67 bits per heavy atom. The van der Waals surface area contributed by atoms with Crippen molar-refractivity contribution in [3.63, 3.8) is 0 Å². The number of hydrogen-bond donors (Lipinski definition) is 2. The topological polar surface area (TPSA) is 75.7 Å². The van der Waals surface area contributed by atoms with Crippen LogP contribution in [0.4, 0.5) is 0 Å². The second-order valence-electron chi connectivity index (χ2n) is 2.26. The lowest BCUT2D eigenvalue weighted by Gasteiger charge is -1.98. The predicted octanol–water partition coefficient (Wildman–Crippen LogP) is 0.734. The molecule has 0 spiro atoms. The lowest BCUT2D eigenvalue weighted by atomic mass is 10.2. The highest BCUT2D eigenvalue weighted by Gasteiger charge is 1.98. The molecule has 1 aromatic rings. The van der Waals surface area contributed by atoms with Crippen molar-refractivity contribution < 1.29 is 0 Å². The molecule has 4 heteroatoms. The molecule has 1 aromatic heterocycles. The van der Waals surface area contributed by atoms with E-state index in [4.69, 9.17) is 11.1 Å². The molecule has 0 aromatic carbocycles. The van der Waals surface area contributed by atoms with Crippen LogP contribution in [0.1, 0.15) is 11.5 Å². The molecule has 0 saturated heterocycles. The van der Waals surface area contributed by atoms with Crippen LogP contribution in [0.15, 0.2) is 18.5 Å². The van der Waals surface area contributed by atoms with Gasteiger partial charge in [0.25, 0.3) is 0 Å². The minimum Gasteiger partial charge on any atom is -0.404 e. The van der Waals surface area contributed by atoms with Crippen LogP contribution in [0.25, 0.3) is 5.57 Å². The molecule has 1 heterocycles. The van der Waals surface area contributed by atoms with Crippen molar-refractivity contribution in [2.45, 2.75) is 6.92 Å². The molecule has 0 unspecified atom stereocenters. The van der Waals surface area contributed by atoms with Gasteiger partial charge in [0.2, 0.25) is 0 Å². The molecule has 0 radical (unpaired) electrons. The van der Waals surface area contributed by atoms with Gasteiger partial charge in [-0.3, -0.25) is 0 Å². The monoisotopic (exact) mass is 162 g/mol. The standard InChI is InChI=1S/C8H10N4/c1-6-11-3-2-8(12-6)7(4-9)5-10/h2-5,9H,10H2,1H3/b7-5+,9-4?. The fourth-order valence-electron chi connectivity index (χ4n) is 0.824. The van der Waals surface area contributed by atoms with Crippen LogP contribution in [0.5, 0.6) is 0 Å². The van der Waals surface area contributed by atoms with Crippen LogP contribution in [-0.2, 0) is 0 Å². The number of hydrogen-bond acceptors (Lipinski definition) is 4. The van der Waals surface area contributed by atoms with Gasteiger partial charge < -0.3 is 11.1 Å². The van der Waals surface area contributed by atoms with Gasteiger partial charge >= 0.3 is 0 Å². The van der Waals surface area contributed by atoms with E-state index in [0.717, 1.165) is 0 Å². The SMILES string of the molecule is Cc1nccc(/C(C=N)=C/N)n1. The van der Waals surface area contributed by atoms with Crippen molar-refractivity contribution in [3.8, 4) is 0 Å². The molecule has 62 valence electrons. The molecule has 0 bridgehead atoms. The number of aromatic nitrogens is 2. The van der Waals surface area contributed by atoms with E-state index in [2.05, 4.69) is 9.97 Å². The zero-order valence-corrected chi connectivity index (χ0v) is 6.78. The minimum atomic E-state index is 0.598. The average Bonchev–Trinajstić information content (AvgIpc) is 2.07.